The molecular weight excluding hydrogens is 397 g/mol. The molecule has 134 valence electrons. The zero-order chi connectivity index (χ0) is 18.7. The Bertz CT molecular complexity index is 917. The summed E-state index contributed by atoms with van der Waals surface area (Å²) in [6, 6.07) is 14.1. The minimum Gasteiger partial charge on any atom is -0.310 e. The van der Waals surface area contributed by atoms with Crippen LogP contribution < -0.4 is 5.32 Å². The third-order valence-corrected chi connectivity index (χ3v) is 4.70. The second-order valence-electron chi connectivity index (χ2n) is 6.11. The lowest BCUT2D eigenvalue weighted by Gasteiger charge is -2.09. The van der Waals surface area contributed by atoms with Gasteiger partial charge in [-0.2, -0.15) is 5.10 Å². The number of carbonyl (C=O) groups excluding carboxylic acids is 1. The fraction of sp³-hybridized carbons (Fsp3) is 0.200. The molecule has 26 heavy (non-hydrogen) atoms. The highest BCUT2D eigenvalue weighted by molar-refractivity contribution is 9.10. The predicted octanol–water partition coefficient (Wildman–Crippen LogP) is 4.87. The monoisotopic (exact) mass is 415 g/mol. The number of anilines is 1. The van der Waals surface area contributed by atoms with Crippen molar-refractivity contribution in [2.75, 3.05) is 5.32 Å². The smallest absolute Gasteiger partial charge is 0.225 e. The summed E-state index contributed by atoms with van der Waals surface area (Å²) in [4.78, 5) is 12.4. The molecule has 0 aliphatic heterocycles. The van der Waals surface area contributed by atoms with Gasteiger partial charge in [0.05, 0.1) is 5.69 Å². The number of nitrogens with zero attached hydrogens (tertiary/aromatic N) is 2. The standard InChI is InChI=1S/C20H19BrFN3O/c1-13-19(15-6-8-16(21)9-7-15)20(25(2)24-13)23-18(26)12-5-14-3-10-17(22)11-4-14/h3-4,6-11H,5,12H2,1-2H3,(H,23,26). The van der Waals surface area contributed by atoms with E-state index in [1.807, 2.05) is 38.2 Å². The summed E-state index contributed by atoms with van der Waals surface area (Å²) in [5.74, 6) is 0.298. The average molecular weight is 416 g/mol. The predicted molar refractivity (Wildman–Crippen MR) is 104 cm³/mol. The minimum atomic E-state index is -0.275. The number of nitrogens with one attached hydrogen (secondary N) is 1. The number of amides is 1. The number of aryl methyl sites for hydroxylation is 3. The number of hydrogen-bond donors (Lipinski definition) is 1. The van der Waals surface area contributed by atoms with E-state index in [0.29, 0.717) is 18.7 Å². The molecule has 0 unspecified atom stereocenters. The molecule has 0 atom stereocenters. The van der Waals surface area contributed by atoms with E-state index in [9.17, 15) is 9.18 Å². The number of rotatable bonds is 5. The van der Waals surface area contributed by atoms with Crippen molar-refractivity contribution < 1.29 is 9.18 Å². The zero-order valence-corrected chi connectivity index (χ0v) is 16.2. The average Bonchev–Trinajstić information content (AvgIpc) is 2.89. The van der Waals surface area contributed by atoms with Gasteiger partial charge in [0.25, 0.3) is 0 Å². The van der Waals surface area contributed by atoms with Crippen LogP contribution in [0.25, 0.3) is 11.1 Å². The number of hydrogen-bond acceptors (Lipinski definition) is 2. The molecule has 3 rings (SSSR count). The molecule has 0 spiro atoms. The Morgan fingerprint density at radius 1 is 1.15 bits per heavy atom. The maximum Gasteiger partial charge on any atom is 0.225 e. The van der Waals surface area contributed by atoms with Crippen molar-refractivity contribution in [2.24, 2.45) is 7.05 Å². The van der Waals surface area contributed by atoms with Crippen LogP contribution in [0.5, 0.6) is 0 Å². The Morgan fingerprint density at radius 3 is 2.46 bits per heavy atom. The summed E-state index contributed by atoms with van der Waals surface area (Å²) in [6.07, 6.45) is 0.867. The molecule has 0 saturated heterocycles. The van der Waals surface area contributed by atoms with Crippen LogP contribution in [-0.2, 0) is 18.3 Å². The molecule has 0 aliphatic carbocycles. The van der Waals surface area contributed by atoms with E-state index in [4.69, 9.17) is 0 Å². The molecule has 0 bridgehead atoms. The van der Waals surface area contributed by atoms with Crippen LogP contribution in [0.1, 0.15) is 17.7 Å². The highest BCUT2D eigenvalue weighted by Gasteiger charge is 2.17. The van der Waals surface area contributed by atoms with Gasteiger partial charge in [-0.05, 0) is 48.7 Å². The topological polar surface area (TPSA) is 46.9 Å². The van der Waals surface area contributed by atoms with Gasteiger partial charge in [-0.15, -0.1) is 0 Å². The number of benzene rings is 2. The summed E-state index contributed by atoms with van der Waals surface area (Å²) >= 11 is 3.43. The second-order valence-corrected chi connectivity index (χ2v) is 7.03. The maximum absolute atomic E-state index is 13.0. The van der Waals surface area contributed by atoms with Crippen LogP contribution in [0.2, 0.25) is 0 Å². The fourth-order valence-electron chi connectivity index (χ4n) is 2.87. The van der Waals surface area contributed by atoms with E-state index in [1.54, 1.807) is 16.8 Å². The molecule has 3 aromatic rings. The van der Waals surface area contributed by atoms with Gasteiger partial charge in [-0.25, -0.2) is 4.39 Å². The molecule has 4 nitrogen and oxygen atoms in total. The van der Waals surface area contributed by atoms with Crippen molar-refractivity contribution in [3.63, 3.8) is 0 Å². The lowest BCUT2D eigenvalue weighted by Crippen LogP contribution is -2.15. The maximum atomic E-state index is 13.0. The van der Waals surface area contributed by atoms with Crippen molar-refractivity contribution in [1.82, 2.24) is 9.78 Å². The van der Waals surface area contributed by atoms with Gasteiger partial charge < -0.3 is 5.32 Å². The lowest BCUT2D eigenvalue weighted by atomic mass is 10.1. The first-order valence-electron chi connectivity index (χ1n) is 8.28. The van der Waals surface area contributed by atoms with Crippen LogP contribution in [0.4, 0.5) is 10.2 Å². The molecule has 0 saturated carbocycles. The molecule has 1 aromatic heterocycles. The summed E-state index contributed by atoms with van der Waals surface area (Å²) in [7, 11) is 1.81. The van der Waals surface area contributed by atoms with E-state index < -0.39 is 0 Å². The molecule has 0 radical (unpaired) electrons. The molecular formula is C20H19BrFN3O. The first-order valence-corrected chi connectivity index (χ1v) is 9.07. The SMILES string of the molecule is Cc1nn(C)c(NC(=O)CCc2ccc(F)cc2)c1-c1ccc(Br)cc1. The largest absolute Gasteiger partial charge is 0.310 e. The van der Waals surface area contributed by atoms with E-state index >= 15 is 0 Å². The molecule has 0 fully saturated rings. The van der Waals surface area contributed by atoms with E-state index in [0.717, 1.165) is 26.9 Å². The lowest BCUT2D eigenvalue weighted by molar-refractivity contribution is -0.116. The van der Waals surface area contributed by atoms with Gasteiger partial charge in [0.15, 0.2) is 0 Å². The van der Waals surface area contributed by atoms with Gasteiger partial charge >= 0.3 is 0 Å². The Labute approximate surface area is 160 Å². The van der Waals surface area contributed by atoms with Crippen LogP contribution >= 0.6 is 15.9 Å². The molecule has 1 N–H and O–H groups in total. The number of carbonyl (C=O) groups is 1. The molecule has 1 heterocycles. The quantitative estimate of drug-likeness (QED) is 0.645. The summed E-state index contributed by atoms with van der Waals surface area (Å²) in [6.45, 7) is 1.92. The van der Waals surface area contributed by atoms with Gasteiger partial charge in [-0.1, -0.05) is 40.2 Å². The van der Waals surface area contributed by atoms with E-state index in [-0.39, 0.29) is 11.7 Å². The van der Waals surface area contributed by atoms with Crippen molar-refractivity contribution in [1.29, 1.82) is 0 Å². The van der Waals surface area contributed by atoms with Crippen molar-refractivity contribution in [3.05, 3.63) is 70.1 Å². The highest BCUT2D eigenvalue weighted by atomic mass is 79.9. The van der Waals surface area contributed by atoms with E-state index in [2.05, 4.69) is 26.3 Å². The zero-order valence-electron chi connectivity index (χ0n) is 14.6. The van der Waals surface area contributed by atoms with Gasteiger partial charge in [-0.3, -0.25) is 9.48 Å². The Hall–Kier alpha value is -2.47. The van der Waals surface area contributed by atoms with Crippen LogP contribution in [-0.4, -0.2) is 15.7 Å². The summed E-state index contributed by atoms with van der Waals surface area (Å²) in [5, 5.41) is 7.41. The molecule has 1 amide bonds. The summed E-state index contributed by atoms with van der Waals surface area (Å²) < 4.78 is 15.6. The van der Waals surface area contributed by atoms with Gasteiger partial charge in [0, 0.05) is 23.5 Å². The fourth-order valence-corrected chi connectivity index (χ4v) is 3.13. The molecule has 0 aliphatic rings. The van der Waals surface area contributed by atoms with Gasteiger partial charge in [0.2, 0.25) is 5.91 Å². The first kappa shape index (κ1) is 18.3. The minimum absolute atomic E-state index is 0.101. The van der Waals surface area contributed by atoms with Gasteiger partial charge in [0.1, 0.15) is 11.6 Å². The third kappa shape index (κ3) is 4.19. The van der Waals surface area contributed by atoms with Crippen LogP contribution in [0.15, 0.2) is 53.0 Å². The van der Waals surface area contributed by atoms with Crippen LogP contribution in [0.3, 0.4) is 0 Å². The van der Waals surface area contributed by atoms with Crippen molar-refractivity contribution in [3.8, 4) is 11.1 Å². The van der Waals surface area contributed by atoms with Crippen molar-refractivity contribution >= 4 is 27.7 Å². The Kier molecular flexibility index (Phi) is 5.52. The number of aromatic nitrogens is 2. The molecule has 2 aromatic carbocycles. The number of halogens is 2. The second kappa shape index (κ2) is 7.83. The highest BCUT2D eigenvalue weighted by Crippen LogP contribution is 2.32. The molecule has 6 heteroatoms. The van der Waals surface area contributed by atoms with Crippen molar-refractivity contribution in [2.45, 2.75) is 19.8 Å². The van der Waals surface area contributed by atoms with E-state index in [1.165, 1.54) is 12.1 Å². The summed E-state index contributed by atoms with van der Waals surface area (Å²) in [5.41, 5.74) is 3.68. The third-order valence-electron chi connectivity index (χ3n) is 4.17. The Balaban J connectivity index is 1.75. The van der Waals surface area contributed by atoms with Crippen LogP contribution in [0, 0.1) is 12.7 Å². The Morgan fingerprint density at radius 2 is 1.81 bits per heavy atom. The first-order chi connectivity index (χ1) is 12.4. The normalized spacial score (nSPS) is 10.8.